The van der Waals surface area contributed by atoms with Gasteiger partial charge in [-0.2, -0.15) is 0 Å². The van der Waals surface area contributed by atoms with Crippen molar-refractivity contribution >= 4 is 16.0 Å². The van der Waals surface area contributed by atoms with Gasteiger partial charge in [-0.1, -0.05) is 0 Å². The number of carbonyl (C=O) groups is 1. The molecule has 0 radical (unpaired) electrons. The molecule has 8 heteroatoms. The maximum absolute atomic E-state index is 12.3. The lowest BCUT2D eigenvalue weighted by Crippen LogP contribution is -2.32. The van der Waals surface area contributed by atoms with E-state index in [4.69, 9.17) is 10.2 Å². The number of aliphatic hydroxyl groups excluding tert-OH is 1. The van der Waals surface area contributed by atoms with E-state index in [9.17, 15) is 13.2 Å². The second-order valence-corrected chi connectivity index (χ2v) is 7.11. The first-order valence-electron chi connectivity index (χ1n) is 6.93. The topological polar surface area (TPSA) is 109 Å². The highest BCUT2D eigenvalue weighted by Gasteiger charge is 2.30. The number of nitrogens with one attached hydrogen (secondary N) is 1. The van der Waals surface area contributed by atoms with Gasteiger partial charge < -0.3 is 14.8 Å². The molecule has 1 aliphatic carbocycles. The Balaban J connectivity index is 2.20. The average molecular weight is 316 g/mol. The molecule has 2 rings (SSSR count). The van der Waals surface area contributed by atoms with Crippen LogP contribution >= 0.6 is 0 Å². The van der Waals surface area contributed by atoms with Crippen molar-refractivity contribution in [3.63, 3.8) is 0 Å². The van der Waals surface area contributed by atoms with Gasteiger partial charge in [0, 0.05) is 24.9 Å². The third-order valence-electron chi connectivity index (χ3n) is 3.44. The second kappa shape index (κ2) is 6.17. The molecule has 21 heavy (non-hydrogen) atoms. The predicted octanol–water partition coefficient (Wildman–Crippen LogP) is 0.960. The zero-order valence-electron chi connectivity index (χ0n) is 11.8. The summed E-state index contributed by atoms with van der Waals surface area (Å²) < 4.78 is 28.5. The minimum absolute atomic E-state index is 0.000821. The van der Waals surface area contributed by atoms with Gasteiger partial charge in [0.05, 0.1) is 0 Å². The molecule has 3 N–H and O–H groups in total. The number of nitrogens with zero attached hydrogens (tertiary/aromatic N) is 1. The van der Waals surface area contributed by atoms with Crippen molar-refractivity contribution in [2.24, 2.45) is 0 Å². The van der Waals surface area contributed by atoms with E-state index < -0.39 is 16.0 Å². The molecule has 1 heterocycles. The summed E-state index contributed by atoms with van der Waals surface area (Å²) in [6.45, 7) is 1.72. The van der Waals surface area contributed by atoms with E-state index in [1.807, 2.05) is 0 Å². The molecule has 0 saturated heterocycles. The van der Waals surface area contributed by atoms with Crippen LogP contribution in [0.4, 0.5) is 0 Å². The molecule has 1 saturated carbocycles. The molecule has 1 aromatic heterocycles. The lowest BCUT2D eigenvalue weighted by atomic mass is 10.2. The van der Waals surface area contributed by atoms with Crippen molar-refractivity contribution in [3.05, 3.63) is 18.0 Å². The molecule has 1 aromatic rings. The Morgan fingerprint density at radius 3 is 2.71 bits per heavy atom. The normalized spacial score (nSPS) is 16.9. The molecule has 118 valence electrons. The summed E-state index contributed by atoms with van der Waals surface area (Å²) >= 11 is 0. The highest BCUT2D eigenvalue weighted by Crippen LogP contribution is 2.37. The summed E-state index contributed by atoms with van der Waals surface area (Å²) in [5.41, 5.74) is 0.000821. The second-order valence-electron chi connectivity index (χ2n) is 5.39. The van der Waals surface area contributed by atoms with Gasteiger partial charge >= 0.3 is 5.97 Å². The Kier molecular flexibility index (Phi) is 4.70. The van der Waals surface area contributed by atoms with E-state index in [1.165, 1.54) is 16.8 Å². The average Bonchev–Trinajstić information content (AvgIpc) is 3.13. The lowest BCUT2D eigenvalue weighted by Gasteiger charge is -2.12. The molecule has 0 spiro atoms. The van der Waals surface area contributed by atoms with Crippen LogP contribution in [0.1, 0.15) is 49.1 Å². The van der Waals surface area contributed by atoms with Crippen molar-refractivity contribution in [2.45, 2.75) is 49.6 Å². The SMILES string of the molecule is CC(CCCO)NS(=O)(=O)c1cc(C(=O)O)n(C2CC2)c1. The van der Waals surface area contributed by atoms with Crippen LogP contribution in [0.15, 0.2) is 17.2 Å². The number of hydrogen-bond donors (Lipinski definition) is 3. The molecule has 1 unspecified atom stereocenters. The Morgan fingerprint density at radius 2 is 2.19 bits per heavy atom. The summed E-state index contributed by atoms with van der Waals surface area (Å²) in [4.78, 5) is 11.2. The third kappa shape index (κ3) is 3.84. The van der Waals surface area contributed by atoms with Gasteiger partial charge in [-0.05, 0) is 38.7 Å². The van der Waals surface area contributed by atoms with Crippen LogP contribution < -0.4 is 4.72 Å². The molecule has 0 aliphatic heterocycles. The number of hydrogen-bond acceptors (Lipinski definition) is 4. The van der Waals surface area contributed by atoms with E-state index >= 15 is 0 Å². The van der Waals surface area contributed by atoms with Crippen LogP contribution in [0.2, 0.25) is 0 Å². The van der Waals surface area contributed by atoms with Crippen molar-refractivity contribution in [1.82, 2.24) is 9.29 Å². The van der Waals surface area contributed by atoms with Gasteiger partial charge in [-0.3, -0.25) is 0 Å². The standard InChI is InChI=1S/C13H20N2O5S/c1-9(3-2-6-16)14-21(19,20)11-7-12(13(17)18)15(8-11)10-4-5-10/h7-10,14,16H,2-6H2,1H3,(H,17,18). The van der Waals surface area contributed by atoms with Gasteiger partial charge in [0.25, 0.3) is 0 Å². The van der Waals surface area contributed by atoms with E-state index in [2.05, 4.69) is 4.72 Å². The van der Waals surface area contributed by atoms with Crippen LogP contribution in [0.25, 0.3) is 0 Å². The molecule has 1 fully saturated rings. The molecule has 0 amide bonds. The molecular formula is C13H20N2O5S. The van der Waals surface area contributed by atoms with Crippen LogP contribution in [0.3, 0.4) is 0 Å². The molecule has 7 nitrogen and oxygen atoms in total. The van der Waals surface area contributed by atoms with E-state index in [0.717, 1.165) is 12.8 Å². The molecule has 1 aliphatic rings. The summed E-state index contributed by atoms with van der Waals surface area (Å²) in [6.07, 6.45) is 4.16. The van der Waals surface area contributed by atoms with Gasteiger partial charge in [0.2, 0.25) is 10.0 Å². The van der Waals surface area contributed by atoms with Crippen molar-refractivity contribution < 1.29 is 23.4 Å². The molecule has 0 bridgehead atoms. The van der Waals surface area contributed by atoms with Crippen LogP contribution in [-0.2, 0) is 10.0 Å². The van der Waals surface area contributed by atoms with Crippen LogP contribution in [0, 0.1) is 0 Å². The predicted molar refractivity (Wildman–Crippen MR) is 75.8 cm³/mol. The zero-order chi connectivity index (χ0) is 15.6. The van der Waals surface area contributed by atoms with E-state index in [-0.39, 0.29) is 29.3 Å². The maximum atomic E-state index is 12.3. The zero-order valence-corrected chi connectivity index (χ0v) is 12.6. The van der Waals surface area contributed by atoms with Crippen LogP contribution in [0.5, 0.6) is 0 Å². The number of sulfonamides is 1. The number of carboxylic acid groups (broad SMARTS) is 1. The highest BCUT2D eigenvalue weighted by atomic mass is 32.2. The van der Waals surface area contributed by atoms with Crippen molar-refractivity contribution in [1.29, 1.82) is 0 Å². The largest absolute Gasteiger partial charge is 0.477 e. The van der Waals surface area contributed by atoms with Gasteiger partial charge in [-0.15, -0.1) is 0 Å². The Labute approximate surface area is 123 Å². The third-order valence-corrected chi connectivity index (χ3v) is 5.00. The van der Waals surface area contributed by atoms with Crippen molar-refractivity contribution in [2.75, 3.05) is 6.61 Å². The van der Waals surface area contributed by atoms with Gasteiger partial charge in [-0.25, -0.2) is 17.9 Å². The van der Waals surface area contributed by atoms with Gasteiger partial charge in [0.15, 0.2) is 0 Å². The Bertz CT molecular complexity index is 619. The molecule has 1 atom stereocenters. The Morgan fingerprint density at radius 1 is 1.52 bits per heavy atom. The van der Waals surface area contributed by atoms with Crippen molar-refractivity contribution in [3.8, 4) is 0 Å². The first-order chi connectivity index (χ1) is 9.85. The maximum Gasteiger partial charge on any atom is 0.352 e. The smallest absolute Gasteiger partial charge is 0.352 e. The summed E-state index contributed by atoms with van der Waals surface area (Å²) in [5.74, 6) is -1.13. The number of aromatic carboxylic acids is 1. The number of rotatable bonds is 8. The fourth-order valence-electron chi connectivity index (χ4n) is 2.22. The highest BCUT2D eigenvalue weighted by molar-refractivity contribution is 7.89. The summed E-state index contributed by atoms with van der Waals surface area (Å²) in [6, 6.07) is 0.966. The van der Waals surface area contributed by atoms with E-state index in [0.29, 0.717) is 12.8 Å². The first-order valence-corrected chi connectivity index (χ1v) is 8.42. The number of aromatic nitrogens is 1. The molecular weight excluding hydrogens is 296 g/mol. The fourth-order valence-corrected chi connectivity index (χ4v) is 3.52. The number of carboxylic acids is 1. The Hall–Kier alpha value is -1.38. The lowest BCUT2D eigenvalue weighted by molar-refractivity contribution is 0.0685. The van der Waals surface area contributed by atoms with E-state index in [1.54, 1.807) is 6.92 Å². The monoisotopic (exact) mass is 316 g/mol. The molecule has 0 aromatic carbocycles. The quantitative estimate of drug-likeness (QED) is 0.662. The summed E-state index contributed by atoms with van der Waals surface area (Å²) in [5, 5.41) is 17.9. The number of aliphatic hydroxyl groups is 1. The fraction of sp³-hybridized carbons (Fsp3) is 0.615. The minimum Gasteiger partial charge on any atom is -0.477 e. The summed E-state index contributed by atoms with van der Waals surface area (Å²) in [7, 11) is -3.75. The first kappa shape index (κ1) is 16.0. The minimum atomic E-state index is -3.75. The van der Waals surface area contributed by atoms with Crippen LogP contribution in [-0.4, -0.2) is 41.8 Å². The van der Waals surface area contributed by atoms with Gasteiger partial charge in [0.1, 0.15) is 10.6 Å².